The van der Waals surface area contributed by atoms with E-state index in [4.69, 9.17) is 5.11 Å². The van der Waals surface area contributed by atoms with Gasteiger partial charge in [-0.15, -0.1) is 11.3 Å². The maximum atomic E-state index is 11.8. The molecule has 1 amide bonds. The van der Waals surface area contributed by atoms with E-state index in [0.29, 0.717) is 11.4 Å². The van der Waals surface area contributed by atoms with Crippen LogP contribution >= 0.6 is 11.3 Å². The number of aryl methyl sites for hydroxylation is 1. The molecule has 18 heavy (non-hydrogen) atoms. The second kappa shape index (κ2) is 5.64. The van der Waals surface area contributed by atoms with Crippen molar-refractivity contribution in [1.82, 2.24) is 10.3 Å². The summed E-state index contributed by atoms with van der Waals surface area (Å²) in [6.07, 6.45) is 0.740. The topological polar surface area (TPSA) is 62.2 Å². The fourth-order valence-corrected chi connectivity index (χ4v) is 2.30. The molecule has 0 saturated heterocycles. The molecule has 0 fully saturated rings. The minimum Gasteiger partial charge on any atom is -0.508 e. The number of benzene rings is 1. The van der Waals surface area contributed by atoms with Crippen LogP contribution in [0.25, 0.3) is 0 Å². The average Bonchev–Trinajstić information content (AvgIpc) is 2.78. The molecular formula is C13H14N2O2S. The van der Waals surface area contributed by atoms with Crippen molar-refractivity contribution in [3.05, 3.63) is 45.9 Å². The molecule has 0 saturated carbocycles. The molecule has 0 atom stereocenters. The predicted molar refractivity (Wildman–Crippen MR) is 71.0 cm³/mol. The Balaban J connectivity index is 1.84. The van der Waals surface area contributed by atoms with Gasteiger partial charge in [-0.2, -0.15) is 0 Å². The molecule has 0 unspecified atom stereocenters. The van der Waals surface area contributed by atoms with E-state index in [1.54, 1.807) is 17.6 Å². The number of amides is 1. The van der Waals surface area contributed by atoms with Gasteiger partial charge in [-0.25, -0.2) is 4.98 Å². The highest BCUT2D eigenvalue weighted by Gasteiger charge is 2.10. The Morgan fingerprint density at radius 3 is 2.72 bits per heavy atom. The van der Waals surface area contributed by atoms with Gasteiger partial charge in [-0.1, -0.05) is 12.1 Å². The first-order chi connectivity index (χ1) is 8.66. The number of aromatic hydroxyl groups is 1. The van der Waals surface area contributed by atoms with Gasteiger partial charge >= 0.3 is 0 Å². The first-order valence-electron chi connectivity index (χ1n) is 5.63. The smallest absolute Gasteiger partial charge is 0.263 e. The highest BCUT2D eigenvalue weighted by atomic mass is 32.1. The van der Waals surface area contributed by atoms with Crippen molar-refractivity contribution in [3.63, 3.8) is 0 Å². The third-order valence-corrected chi connectivity index (χ3v) is 3.51. The molecule has 5 heteroatoms. The summed E-state index contributed by atoms with van der Waals surface area (Å²) in [5, 5.41) is 12.0. The molecule has 0 aliphatic heterocycles. The summed E-state index contributed by atoms with van der Waals surface area (Å²) >= 11 is 1.35. The molecule has 1 aromatic heterocycles. The molecule has 0 bridgehead atoms. The van der Waals surface area contributed by atoms with Gasteiger partial charge in [-0.05, 0) is 31.0 Å². The van der Waals surface area contributed by atoms with E-state index < -0.39 is 0 Å². The summed E-state index contributed by atoms with van der Waals surface area (Å²) in [5.74, 6) is 0.178. The van der Waals surface area contributed by atoms with Crippen LogP contribution in [0, 0.1) is 6.92 Å². The Morgan fingerprint density at radius 1 is 1.39 bits per heavy atom. The molecule has 0 radical (unpaired) electrons. The minimum absolute atomic E-state index is 0.0752. The number of aromatic nitrogens is 1. The van der Waals surface area contributed by atoms with Gasteiger partial charge in [0, 0.05) is 6.54 Å². The monoisotopic (exact) mass is 262 g/mol. The molecule has 1 aromatic carbocycles. The SMILES string of the molecule is Cc1ncsc1C(=O)NCCc1ccc(O)cc1. The molecule has 0 spiro atoms. The van der Waals surface area contributed by atoms with Crippen molar-refractivity contribution in [2.24, 2.45) is 0 Å². The van der Waals surface area contributed by atoms with E-state index in [1.807, 2.05) is 19.1 Å². The van der Waals surface area contributed by atoms with E-state index in [9.17, 15) is 4.79 Å². The van der Waals surface area contributed by atoms with Crippen molar-refractivity contribution in [2.75, 3.05) is 6.54 Å². The number of phenolic OH excluding ortho intramolecular Hbond substituents is 1. The molecule has 2 rings (SSSR count). The summed E-state index contributed by atoms with van der Waals surface area (Å²) in [7, 11) is 0. The largest absolute Gasteiger partial charge is 0.508 e. The van der Waals surface area contributed by atoms with Crippen molar-refractivity contribution < 1.29 is 9.90 Å². The number of carbonyl (C=O) groups is 1. The van der Waals surface area contributed by atoms with Crippen LogP contribution in [-0.4, -0.2) is 22.5 Å². The zero-order chi connectivity index (χ0) is 13.0. The van der Waals surface area contributed by atoms with Crippen LogP contribution < -0.4 is 5.32 Å². The lowest BCUT2D eigenvalue weighted by atomic mass is 10.1. The number of nitrogens with zero attached hydrogens (tertiary/aromatic N) is 1. The van der Waals surface area contributed by atoms with Gasteiger partial charge in [0.25, 0.3) is 5.91 Å². The van der Waals surface area contributed by atoms with Gasteiger partial charge < -0.3 is 10.4 Å². The van der Waals surface area contributed by atoms with E-state index in [0.717, 1.165) is 17.7 Å². The summed E-state index contributed by atoms with van der Waals surface area (Å²) in [6, 6.07) is 6.98. The normalized spacial score (nSPS) is 10.3. The number of nitrogens with one attached hydrogen (secondary N) is 1. The van der Waals surface area contributed by atoms with Crippen molar-refractivity contribution >= 4 is 17.2 Å². The second-order valence-electron chi connectivity index (χ2n) is 3.94. The summed E-state index contributed by atoms with van der Waals surface area (Å²) in [6.45, 7) is 2.40. The fourth-order valence-electron chi connectivity index (χ4n) is 1.58. The number of carbonyl (C=O) groups excluding carboxylic acids is 1. The standard InChI is InChI=1S/C13H14N2O2S/c1-9-12(18-8-15-9)13(17)14-7-6-10-2-4-11(16)5-3-10/h2-5,8,16H,6-7H2,1H3,(H,14,17). The molecular weight excluding hydrogens is 248 g/mol. The molecule has 2 aromatic rings. The average molecular weight is 262 g/mol. The van der Waals surface area contributed by atoms with Gasteiger partial charge in [0.05, 0.1) is 11.2 Å². The Morgan fingerprint density at radius 2 is 2.11 bits per heavy atom. The van der Waals surface area contributed by atoms with E-state index in [2.05, 4.69) is 10.3 Å². The lowest BCUT2D eigenvalue weighted by molar-refractivity contribution is 0.0957. The van der Waals surface area contributed by atoms with Crippen LogP contribution in [0.4, 0.5) is 0 Å². The molecule has 1 heterocycles. The lowest BCUT2D eigenvalue weighted by Crippen LogP contribution is -2.25. The third kappa shape index (κ3) is 3.07. The van der Waals surface area contributed by atoms with Crippen molar-refractivity contribution in [1.29, 1.82) is 0 Å². The number of phenols is 1. The van der Waals surface area contributed by atoms with E-state index in [1.165, 1.54) is 11.3 Å². The Bertz CT molecular complexity index is 534. The number of thiazole rings is 1. The van der Waals surface area contributed by atoms with Crippen molar-refractivity contribution in [2.45, 2.75) is 13.3 Å². The van der Waals surface area contributed by atoms with E-state index >= 15 is 0 Å². The van der Waals surface area contributed by atoms with Gasteiger partial charge in [0.2, 0.25) is 0 Å². The first-order valence-corrected chi connectivity index (χ1v) is 6.51. The quantitative estimate of drug-likeness (QED) is 0.887. The molecule has 4 nitrogen and oxygen atoms in total. The minimum atomic E-state index is -0.0752. The highest BCUT2D eigenvalue weighted by Crippen LogP contribution is 2.12. The maximum Gasteiger partial charge on any atom is 0.263 e. The molecule has 0 aliphatic carbocycles. The summed E-state index contributed by atoms with van der Waals surface area (Å²) < 4.78 is 0. The fraction of sp³-hybridized carbons (Fsp3) is 0.231. The first kappa shape index (κ1) is 12.6. The predicted octanol–water partition coefficient (Wildman–Crippen LogP) is 2.13. The highest BCUT2D eigenvalue weighted by molar-refractivity contribution is 7.11. The lowest BCUT2D eigenvalue weighted by Gasteiger charge is -2.04. The molecule has 94 valence electrons. The summed E-state index contributed by atoms with van der Waals surface area (Å²) in [4.78, 5) is 16.5. The van der Waals surface area contributed by atoms with Crippen molar-refractivity contribution in [3.8, 4) is 5.75 Å². The van der Waals surface area contributed by atoms with Gasteiger partial charge in [0.15, 0.2) is 0 Å². The number of hydrogen-bond acceptors (Lipinski definition) is 4. The van der Waals surface area contributed by atoms with Gasteiger partial charge in [0.1, 0.15) is 10.6 Å². The third-order valence-electron chi connectivity index (χ3n) is 2.59. The second-order valence-corrected chi connectivity index (χ2v) is 4.79. The Labute approximate surface area is 109 Å². The van der Waals surface area contributed by atoms with Crippen LogP contribution in [0.5, 0.6) is 5.75 Å². The van der Waals surface area contributed by atoms with E-state index in [-0.39, 0.29) is 11.7 Å². The van der Waals surface area contributed by atoms with Crippen LogP contribution in [0.3, 0.4) is 0 Å². The van der Waals surface area contributed by atoms with Crippen LogP contribution in [0.15, 0.2) is 29.8 Å². The van der Waals surface area contributed by atoms with Gasteiger partial charge in [-0.3, -0.25) is 4.79 Å². The number of rotatable bonds is 4. The summed E-state index contributed by atoms with van der Waals surface area (Å²) in [5.41, 5.74) is 3.51. The Hall–Kier alpha value is -1.88. The number of hydrogen-bond donors (Lipinski definition) is 2. The van der Waals surface area contributed by atoms with Crippen LogP contribution in [0.2, 0.25) is 0 Å². The van der Waals surface area contributed by atoms with Crippen LogP contribution in [-0.2, 0) is 6.42 Å². The van der Waals surface area contributed by atoms with Crippen LogP contribution in [0.1, 0.15) is 20.9 Å². The maximum absolute atomic E-state index is 11.8. The Kier molecular flexibility index (Phi) is 3.94. The molecule has 0 aliphatic rings. The molecule has 2 N–H and O–H groups in total. The zero-order valence-electron chi connectivity index (χ0n) is 10.0. The zero-order valence-corrected chi connectivity index (χ0v) is 10.8.